The standard InChI is InChI=1S/C38H39F3N4O9S/c1-23(55-30-18-50-34(51-19-30)6-4-3-5-26-8-7-25(17-42)15-32(26)40)38(20-45-22-43-21-44-45,31-14-13-29(39)16-33(31)41)54-37(49)53-24(2)52-36(48)28-11-9-27(10-12-28)35(46)47/h3-8,13-16,21-24,27-28,30,34H,9-12,18-20H2,1-2H3,(H,46,47)/b5-3+,6-4+/t23-,24?,27?,28?,30?,34?,38-/m1/s1. The minimum Gasteiger partial charge on any atom is -0.481 e. The van der Waals surface area contributed by atoms with Crippen LogP contribution in [0, 0.1) is 40.6 Å². The lowest BCUT2D eigenvalue weighted by Crippen LogP contribution is -2.47. The number of nitriles is 1. The van der Waals surface area contributed by atoms with E-state index in [4.69, 9.17) is 28.9 Å². The van der Waals surface area contributed by atoms with Crippen LogP contribution < -0.4 is 0 Å². The molecule has 3 aromatic rings. The molecule has 1 saturated heterocycles. The molecule has 2 aromatic carbocycles. The fraction of sp³-hybridized carbons (Fsp3) is 0.421. The molecular formula is C38H39F3N4O9S. The Labute approximate surface area is 319 Å². The molecule has 3 atom stereocenters. The highest BCUT2D eigenvalue weighted by Crippen LogP contribution is 2.42. The summed E-state index contributed by atoms with van der Waals surface area (Å²) in [6.07, 6.45) is 6.69. The summed E-state index contributed by atoms with van der Waals surface area (Å²) in [5.41, 5.74) is -1.59. The van der Waals surface area contributed by atoms with Gasteiger partial charge in [-0.3, -0.25) is 9.59 Å². The molecule has 2 heterocycles. The van der Waals surface area contributed by atoms with Gasteiger partial charge in [0.05, 0.1) is 48.5 Å². The van der Waals surface area contributed by atoms with E-state index in [1.54, 1.807) is 25.2 Å². The Morgan fingerprint density at radius 2 is 1.76 bits per heavy atom. The number of thioether (sulfide) groups is 1. The van der Waals surface area contributed by atoms with Crippen LogP contribution in [0.25, 0.3) is 6.08 Å². The number of allylic oxidation sites excluding steroid dienone is 2. The number of nitrogens with zero attached hydrogens (tertiary/aromatic N) is 4. The van der Waals surface area contributed by atoms with Crippen molar-refractivity contribution < 1.29 is 56.3 Å². The zero-order valence-corrected chi connectivity index (χ0v) is 30.7. The van der Waals surface area contributed by atoms with Crippen LogP contribution in [0.3, 0.4) is 0 Å². The summed E-state index contributed by atoms with van der Waals surface area (Å²) in [5.74, 6) is -5.09. The summed E-state index contributed by atoms with van der Waals surface area (Å²) in [6, 6.07) is 8.88. The van der Waals surface area contributed by atoms with E-state index in [0.29, 0.717) is 37.3 Å². The van der Waals surface area contributed by atoms with E-state index >= 15 is 4.39 Å². The summed E-state index contributed by atoms with van der Waals surface area (Å²) < 4.78 is 73.8. The van der Waals surface area contributed by atoms with E-state index in [2.05, 4.69) is 10.1 Å². The summed E-state index contributed by atoms with van der Waals surface area (Å²) in [6.45, 7) is 3.02. The largest absolute Gasteiger partial charge is 0.512 e. The number of carbonyl (C=O) groups excluding carboxylic acids is 2. The maximum Gasteiger partial charge on any atom is 0.512 e. The van der Waals surface area contributed by atoms with Crippen LogP contribution in [0.1, 0.15) is 56.2 Å². The molecule has 0 radical (unpaired) electrons. The first-order chi connectivity index (χ1) is 26.4. The average Bonchev–Trinajstić information content (AvgIpc) is 3.67. The molecule has 0 amide bonds. The van der Waals surface area contributed by atoms with Gasteiger partial charge < -0.3 is 28.8 Å². The molecule has 292 valence electrons. The third-order valence-electron chi connectivity index (χ3n) is 9.20. The first-order valence-corrected chi connectivity index (χ1v) is 18.3. The van der Waals surface area contributed by atoms with Crippen molar-refractivity contribution in [2.45, 2.75) is 74.8 Å². The molecule has 1 saturated carbocycles. The lowest BCUT2D eigenvalue weighted by atomic mass is 9.82. The first-order valence-electron chi connectivity index (χ1n) is 17.4. The van der Waals surface area contributed by atoms with Crippen LogP contribution in [-0.2, 0) is 45.4 Å². The monoisotopic (exact) mass is 784 g/mol. The van der Waals surface area contributed by atoms with Gasteiger partial charge in [-0.15, -0.1) is 11.8 Å². The van der Waals surface area contributed by atoms with E-state index < -0.39 is 70.8 Å². The van der Waals surface area contributed by atoms with Crippen LogP contribution in [0.2, 0.25) is 0 Å². The van der Waals surface area contributed by atoms with Crippen molar-refractivity contribution in [3.8, 4) is 6.07 Å². The lowest BCUT2D eigenvalue weighted by Gasteiger charge is -2.40. The van der Waals surface area contributed by atoms with Gasteiger partial charge in [0.1, 0.15) is 30.1 Å². The predicted molar refractivity (Wildman–Crippen MR) is 190 cm³/mol. The minimum atomic E-state index is -1.91. The summed E-state index contributed by atoms with van der Waals surface area (Å²) in [5, 5.41) is 21.1. The SMILES string of the molecule is CC(OC(=O)O[C@@](Cn1cncn1)(c1ccc(F)cc1F)[C@@H](C)SC1COC(/C=C/C=C/c2ccc(C#N)cc2F)OC1)OC(=O)C1CCC(C(=O)O)CC1. The summed E-state index contributed by atoms with van der Waals surface area (Å²) in [4.78, 5) is 41.5. The highest BCUT2D eigenvalue weighted by Gasteiger charge is 2.47. The van der Waals surface area contributed by atoms with Gasteiger partial charge >= 0.3 is 18.1 Å². The number of aliphatic carboxylic acids is 1. The number of hydrogen-bond acceptors (Lipinski definition) is 12. The average molecular weight is 785 g/mol. The maximum absolute atomic E-state index is 15.7. The fourth-order valence-corrected chi connectivity index (χ4v) is 7.65. The van der Waals surface area contributed by atoms with Gasteiger partial charge in [0.15, 0.2) is 11.9 Å². The second-order valence-corrected chi connectivity index (χ2v) is 14.6. The molecule has 1 N–H and O–H groups in total. The molecule has 5 rings (SSSR count). The first kappa shape index (κ1) is 41.0. The normalized spacial score (nSPS) is 22.3. The van der Waals surface area contributed by atoms with Gasteiger partial charge in [-0.25, -0.2) is 27.6 Å². The predicted octanol–water partition coefficient (Wildman–Crippen LogP) is 6.53. The number of ether oxygens (including phenoxy) is 5. The zero-order chi connectivity index (χ0) is 39.5. The van der Waals surface area contributed by atoms with Crippen LogP contribution in [-0.4, -0.2) is 74.3 Å². The van der Waals surface area contributed by atoms with Crippen LogP contribution >= 0.6 is 11.8 Å². The number of carboxylic acid groups (broad SMARTS) is 1. The molecule has 2 fully saturated rings. The Bertz CT molecular complexity index is 1910. The van der Waals surface area contributed by atoms with Crippen molar-refractivity contribution in [1.82, 2.24) is 14.8 Å². The summed E-state index contributed by atoms with van der Waals surface area (Å²) >= 11 is 1.25. The quantitative estimate of drug-likeness (QED) is 0.106. The smallest absolute Gasteiger partial charge is 0.481 e. The van der Waals surface area contributed by atoms with E-state index in [9.17, 15) is 28.3 Å². The van der Waals surface area contributed by atoms with E-state index in [0.717, 1.165) is 18.2 Å². The van der Waals surface area contributed by atoms with E-state index in [-0.39, 0.29) is 36.1 Å². The Morgan fingerprint density at radius 3 is 2.40 bits per heavy atom. The number of carboxylic acids is 1. The van der Waals surface area contributed by atoms with Gasteiger partial charge in [-0.1, -0.05) is 24.3 Å². The zero-order valence-electron chi connectivity index (χ0n) is 29.9. The van der Waals surface area contributed by atoms with Crippen molar-refractivity contribution in [1.29, 1.82) is 5.26 Å². The third kappa shape index (κ3) is 11.0. The van der Waals surface area contributed by atoms with Crippen molar-refractivity contribution in [3.63, 3.8) is 0 Å². The highest BCUT2D eigenvalue weighted by atomic mass is 32.2. The fourth-order valence-electron chi connectivity index (χ4n) is 6.29. The molecule has 1 unspecified atom stereocenters. The van der Waals surface area contributed by atoms with Crippen LogP contribution in [0.15, 0.2) is 67.3 Å². The number of rotatable bonds is 14. The number of halogens is 3. The van der Waals surface area contributed by atoms with Crippen molar-refractivity contribution in [2.24, 2.45) is 11.8 Å². The van der Waals surface area contributed by atoms with Gasteiger partial charge in [-0.2, -0.15) is 10.4 Å². The van der Waals surface area contributed by atoms with Gasteiger partial charge in [-0.05, 0) is 62.9 Å². The number of benzene rings is 2. The van der Waals surface area contributed by atoms with Crippen molar-refractivity contribution >= 4 is 35.9 Å². The minimum absolute atomic E-state index is 0.162. The molecule has 1 aliphatic carbocycles. The van der Waals surface area contributed by atoms with Crippen LogP contribution in [0.4, 0.5) is 18.0 Å². The Hall–Kier alpha value is -5.18. The Morgan fingerprint density at radius 1 is 1.04 bits per heavy atom. The molecule has 13 nitrogen and oxygen atoms in total. The van der Waals surface area contributed by atoms with Crippen LogP contribution in [0.5, 0.6) is 0 Å². The molecule has 17 heteroatoms. The second-order valence-electron chi connectivity index (χ2n) is 13.0. The van der Waals surface area contributed by atoms with E-state index in [1.165, 1.54) is 54.2 Å². The lowest BCUT2D eigenvalue weighted by molar-refractivity contribution is -0.178. The van der Waals surface area contributed by atoms with Gasteiger partial charge in [0.2, 0.25) is 6.29 Å². The number of aromatic nitrogens is 3. The molecule has 55 heavy (non-hydrogen) atoms. The summed E-state index contributed by atoms with van der Waals surface area (Å²) in [7, 11) is 0. The molecule has 0 spiro atoms. The van der Waals surface area contributed by atoms with E-state index in [1.807, 2.05) is 6.07 Å². The molecule has 0 bridgehead atoms. The molecule has 1 aliphatic heterocycles. The molecular weight excluding hydrogens is 745 g/mol. The maximum atomic E-state index is 15.7. The molecule has 1 aromatic heterocycles. The number of esters is 1. The van der Waals surface area contributed by atoms with Gasteiger partial charge in [0.25, 0.3) is 0 Å². The van der Waals surface area contributed by atoms with Crippen molar-refractivity contribution in [2.75, 3.05) is 13.2 Å². The number of hydrogen-bond donors (Lipinski definition) is 1. The van der Waals surface area contributed by atoms with Crippen molar-refractivity contribution in [3.05, 3.63) is 101 Å². The topological polar surface area (TPSA) is 172 Å². The number of carbonyl (C=O) groups is 3. The second kappa shape index (κ2) is 18.9. The highest BCUT2D eigenvalue weighted by molar-refractivity contribution is 8.00. The molecule has 2 aliphatic rings. The Kier molecular flexibility index (Phi) is 14.1. The van der Waals surface area contributed by atoms with Gasteiger partial charge in [0, 0.05) is 29.4 Å². The Balaban J connectivity index is 1.27. The third-order valence-corrected chi connectivity index (χ3v) is 10.6.